The Hall–Kier alpha value is -0.610. The van der Waals surface area contributed by atoms with Crippen molar-refractivity contribution in [3.63, 3.8) is 0 Å². The van der Waals surface area contributed by atoms with Crippen LogP contribution in [0.15, 0.2) is 0 Å². The third-order valence-corrected chi connectivity index (χ3v) is 5.42. The van der Waals surface area contributed by atoms with E-state index in [1.165, 1.54) is 49.1 Å². The number of hydrogen-bond acceptors (Lipinski definition) is 4. The Morgan fingerprint density at radius 2 is 2.05 bits per heavy atom. The molecule has 1 aliphatic carbocycles. The molecule has 19 heavy (non-hydrogen) atoms. The van der Waals surface area contributed by atoms with E-state index in [9.17, 15) is 0 Å². The van der Waals surface area contributed by atoms with Crippen LogP contribution in [0.4, 0.5) is 0 Å². The maximum Gasteiger partial charge on any atom is 0.138 e. The van der Waals surface area contributed by atoms with Gasteiger partial charge in [0.25, 0.3) is 0 Å². The fourth-order valence-electron chi connectivity index (χ4n) is 3.05. The molecule has 0 aromatic carbocycles. The quantitative estimate of drug-likeness (QED) is 0.897. The third kappa shape index (κ3) is 3.11. The fourth-order valence-corrected chi connectivity index (χ4v) is 4.23. The highest BCUT2D eigenvalue weighted by molar-refractivity contribution is 7.99. The summed E-state index contributed by atoms with van der Waals surface area (Å²) >= 11 is 2.06. The van der Waals surface area contributed by atoms with Crippen LogP contribution < -0.4 is 5.32 Å². The van der Waals surface area contributed by atoms with Gasteiger partial charge in [0.05, 0.1) is 11.4 Å². The topological polar surface area (TPSA) is 37.8 Å². The summed E-state index contributed by atoms with van der Waals surface area (Å²) in [6.07, 6.45) is 7.85. The van der Waals surface area contributed by atoms with Gasteiger partial charge in [-0.3, -0.25) is 0 Å². The third-order valence-electron chi connectivity index (χ3n) is 4.06. The zero-order valence-corrected chi connectivity index (χ0v) is 12.6. The summed E-state index contributed by atoms with van der Waals surface area (Å²) in [4.78, 5) is 9.59. The molecular weight excluding hydrogens is 254 g/mol. The van der Waals surface area contributed by atoms with Crippen LogP contribution in [0.2, 0.25) is 0 Å². The van der Waals surface area contributed by atoms with Crippen molar-refractivity contribution in [1.29, 1.82) is 0 Å². The van der Waals surface area contributed by atoms with Crippen LogP contribution in [-0.2, 0) is 25.3 Å². The van der Waals surface area contributed by atoms with Gasteiger partial charge in [0.15, 0.2) is 0 Å². The molecule has 2 aliphatic rings. The Labute approximate surface area is 120 Å². The second-order valence-electron chi connectivity index (χ2n) is 5.58. The normalized spacial score (nSPS) is 19.0. The van der Waals surface area contributed by atoms with Crippen molar-refractivity contribution in [2.45, 2.75) is 69.5 Å². The van der Waals surface area contributed by atoms with Gasteiger partial charge in [-0.15, -0.1) is 0 Å². The summed E-state index contributed by atoms with van der Waals surface area (Å²) in [5.74, 6) is 2.05. The van der Waals surface area contributed by atoms with Gasteiger partial charge >= 0.3 is 0 Å². The summed E-state index contributed by atoms with van der Waals surface area (Å²) < 4.78 is 0. The van der Waals surface area contributed by atoms with E-state index in [1.54, 1.807) is 0 Å². The first kappa shape index (κ1) is 13.4. The van der Waals surface area contributed by atoms with Crippen molar-refractivity contribution in [2.24, 2.45) is 0 Å². The molecule has 1 aromatic rings. The molecule has 1 N–H and O–H groups in total. The molecule has 3 rings (SSSR count). The van der Waals surface area contributed by atoms with Gasteiger partial charge in [0.2, 0.25) is 0 Å². The van der Waals surface area contributed by atoms with Crippen molar-refractivity contribution in [1.82, 2.24) is 15.3 Å². The molecule has 104 valence electrons. The Bertz CT molecular complexity index is 441. The maximum absolute atomic E-state index is 4.82. The average molecular weight is 277 g/mol. The smallest absolute Gasteiger partial charge is 0.138 e. The van der Waals surface area contributed by atoms with E-state index in [1.807, 2.05) is 0 Å². The van der Waals surface area contributed by atoms with Crippen LogP contribution in [0.25, 0.3) is 0 Å². The van der Waals surface area contributed by atoms with Gasteiger partial charge in [-0.05, 0) is 19.3 Å². The number of hydrogen-bond donors (Lipinski definition) is 1. The first-order chi connectivity index (χ1) is 9.36. The highest BCUT2D eigenvalue weighted by atomic mass is 32.2. The van der Waals surface area contributed by atoms with E-state index in [-0.39, 0.29) is 0 Å². The minimum absolute atomic E-state index is 0.851. The molecule has 0 saturated heterocycles. The van der Waals surface area contributed by atoms with E-state index in [0.717, 1.165) is 36.3 Å². The van der Waals surface area contributed by atoms with Crippen molar-refractivity contribution in [3.05, 3.63) is 22.8 Å². The number of nitrogens with zero attached hydrogens (tertiary/aromatic N) is 2. The summed E-state index contributed by atoms with van der Waals surface area (Å²) in [6.45, 7) is 4.11. The Balaban J connectivity index is 1.72. The van der Waals surface area contributed by atoms with Crippen LogP contribution in [0.5, 0.6) is 0 Å². The monoisotopic (exact) mass is 277 g/mol. The lowest BCUT2D eigenvalue weighted by Crippen LogP contribution is -2.06. The summed E-state index contributed by atoms with van der Waals surface area (Å²) in [5, 5.41) is 4.25. The van der Waals surface area contributed by atoms with Crippen molar-refractivity contribution in [3.8, 4) is 0 Å². The van der Waals surface area contributed by atoms with Gasteiger partial charge in [0.1, 0.15) is 5.82 Å². The Kier molecular flexibility index (Phi) is 4.38. The number of rotatable bonds is 5. The van der Waals surface area contributed by atoms with Gasteiger partial charge < -0.3 is 5.32 Å². The summed E-state index contributed by atoms with van der Waals surface area (Å²) in [6, 6.07) is 0. The van der Waals surface area contributed by atoms with E-state index in [2.05, 4.69) is 24.0 Å². The molecule has 1 fully saturated rings. The molecule has 0 spiro atoms. The molecule has 1 aliphatic heterocycles. The number of fused-ring (bicyclic) bond motifs is 1. The molecule has 4 heteroatoms. The molecule has 0 atom stereocenters. The van der Waals surface area contributed by atoms with Gasteiger partial charge in [-0.2, -0.15) is 11.8 Å². The van der Waals surface area contributed by atoms with Crippen LogP contribution in [0.3, 0.4) is 0 Å². The van der Waals surface area contributed by atoms with Crippen LogP contribution in [0, 0.1) is 0 Å². The van der Waals surface area contributed by atoms with Crippen molar-refractivity contribution >= 4 is 11.8 Å². The minimum Gasteiger partial charge on any atom is -0.307 e. The largest absolute Gasteiger partial charge is 0.307 e. The molecule has 0 radical (unpaired) electrons. The molecule has 0 bridgehead atoms. The average Bonchev–Trinajstić information content (AvgIpc) is 3.08. The van der Waals surface area contributed by atoms with E-state index < -0.39 is 0 Å². The second kappa shape index (κ2) is 6.23. The van der Waals surface area contributed by atoms with Gasteiger partial charge in [-0.1, -0.05) is 26.2 Å². The van der Waals surface area contributed by atoms with Crippen LogP contribution in [-0.4, -0.2) is 15.2 Å². The zero-order valence-electron chi connectivity index (χ0n) is 11.7. The predicted molar refractivity (Wildman–Crippen MR) is 80.1 cm³/mol. The molecule has 1 aromatic heterocycles. The van der Waals surface area contributed by atoms with Crippen LogP contribution in [0.1, 0.15) is 61.8 Å². The molecule has 0 unspecified atom stereocenters. The molecule has 3 nitrogen and oxygen atoms in total. The van der Waals surface area contributed by atoms with Gasteiger partial charge in [0, 0.05) is 29.6 Å². The molecular formula is C15H23N3S. The minimum atomic E-state index is 0.851. The van der Waals surface area contributed by atoms with Crippen LogP contribution >= 0.6 is 11.8 Å². The van der Waals surface area contributed by atoms with E-state index in [0.29, 0.717) is 0 Å². The maximum atomic E-state index is 4.82. The molecule has 0 amide bonds. The lowest BCUT2D eigenvalue weighted by Gasteiger charge is -2.11. The van der Waals surface area contributed by atoms with E-state index >= 15 is 0 Å². The van der Waals surface area contributed by atoms with Gasteiger partial charge in [-0.25, -0.2) is 9.97 Å². The van der Waals surface area contributed by atoms with Crippen molar-refractivity contribution in [2.75, 3.05) is 0 Å². The highest BCUT2D eigenvalue weighted by Crippen LogP contribution is 2.31. The number of aryl methyl sites for hydroxylation is 1. The number of aromatic nitrogens is 2. The lowest BCUT2D eigenvalue weighted by atomic mass is 10.1. The highest BCUT2D eigenvalue weighted by Gasteiger charge is 2.20. The SMILES string of the molecule is CCCc1nc(CSC2CCCC2)nc2c1CNC2. The first-order valence-corrected chi connectivity index (χ1v) is 8.61. The van der Waals surface area contributed by atoms with Crippen molar-refractivity contribution < 1.29 is 0 Å². The Morgan fingerprint density at radius 3 is 2.84 bits per heavy atom. The molecule has 1 saturated carbocycles. The second-order valence-corrected chi connectivity index (χ2v) is 6.87. The Morgan fingerprint density at radius 1 is 1.21 bits per heavy atom. The standard InChI is InChI=1S/C15H23N3S/c1-2-5-13-12-8-16-9-14(12)18-15(17-13)10-19-11-6-3-4-7-11/h11,16H,2-10H2,1H3. The predicted octanol–water partition coefficient (Wildman–Crippen LogP) is 3.21. The summed E-state index contributed by atoms with van der Waals surface area (Å²) in [5.41, 5.74) is 3.91. The number of thioether (sulfide) groups is 1. The number of nitrogens with one attached hydrogen (secondary N) is 1. The lowest BCUT2D eigenvalue weighted by molar-refractivity contribution is 0.753. The summed E-state index contributed by atoms with van der Waals surface area (Å²) in [7, 11) is 0. The molecule has 2 heterocycles. The zero-order chi connectivity index (χ0) is 13.1. The fraction of sp³-hybridized carbons (Fsp3) is 0.733. The van der Waals surface area contributed by atoms with E-state index in [4.69, 9.17) is 9.97 Å². The first-order valence-electron chi connectivity index (χ1n) is 7.56.